The van der Waals surface area contributed by atoms with Crippen LogP contribution in [0, 0.1) is 0 Å². The molecule has 1 saturated heterocycles. The Hall–Kier alpha value is -3.59. The average Bonchev–Trinajstić information content (AvgIpc) is 3.11. The van der Waals surface area contributed by atoms with Crippen LogP contribution in [0.15, 0.2) is 54.1 Å². The van der Waals surface area contributed by atoms with Crippen molar-refractivity contribution < 1.29 is 34.4 Å². The Kier molecular flexibility index (Phi) is 7.45. The van der Waals surface area contributed by atoms with Gasteiger partial charge in [0.2, 0.25) is 0 Å². The lowest BCUT2D eigenvalue weighted by Gasteiger charge is -2.26. The van der Waals surface area contributed by atoms with E-state index in [1.54, 1.807) is 6.92 Å². The number of phenols is 2. The highest BCUT2D eigenvalue weighted by Gasteiger charge is 2.48. The second-order valence-electron chi connectivity index (χ2n) is 7.94. The average molecular weight is 565 g/mol. The monoisotopic (exact) mass is 563 g/mol. The van der Waals surface area contributed by atoms with Crippen LogP contribution in [0.4, 0.5) is 5.69 Å². The van der Waals surface area contributed by atoms with Gasteiger partial charge in [0.1, 0.15) is 11.5 Å². The Balaban J connectivity index is 2.01. The highest BCUT2D eigenvalue weighted by atomic mass is 35.5. The van der Waals surface area contributed by atoms with Crippen molar-refractivity contribution >= 4 is 57.9 Å². The van der Waals surface area contributed by atoms with Crippen molar-refractivity contribution in [2.75, 3.05) is 18.6 Å². The van der Waals surface area contributed by atoms with Crippen molar-refractivity contribution in [3.8, 4) is 23.0 Å². The lowest BCUT2D eigenvalue weighted by molar-refractivity contribution is -0.132. The summed E-state index contributed by atoms with van der Waals surface area (Å²) >= 11 is 18.6. The third kappa shape index (κ3) is 4.75. The van der Waals surface area contributed by atoms with E-state index in [0.29, 0.717) is 5.56 Å². The number of methoxy groups -OCH3 is 1. The molecule has 1 aliphatic heterocycles. The minimum absolute atomic E-state index is 0.0536. The normalized spacial score (nSPS) is 16.8. The number of nitrogens with zero attached hydrogens (tertiary/aromatic N) is 1. The molecule has 0 spiro atoms. The number of aliphatic hydroxyl groups excluding tert-OH is 1. The fourth-order valence-corrected chi connectivity index (χ4v) is 4.91. The van der Waals surface area contributed by atoms with Crippen LogP contribution in [0.1, 0.15) is 24.1 Å². The van der Waals surface area contributed by atoms with Crippen LogP contribution in [0.25, 0.3) is 5.76 Å². The first-order valence-electron chi connectivity index (χ1n) is 10.9. The predicted octanol–water partition coefficient (Wildman–Crippen LogP) is 6.09. The van der Waals surface area contributed by atoms with E-state index in [4.69, 9.17) is 44.3 Å². The van der Waals surface area contributed by atoms with Gasteiger partial charge in [-0.15, -0.1) is 0 Å². The molecule has 1 heterocycles. The number of phenolic OH excluding ortho intramolecular Hbond substituents is 2. The highest BCUT2D eigenvalue weighted by Crippen LogP contribution is 2.47. The van der Waals surface area contributed by atoms with Crippen molar-refractivity contribution in [1.29, 1.82) is 0 Å². The van der Waals surface area contributed by atoms with Crippen LogP contribution < -0.4 is 14.4 Å². The van der Waals surface area contributed by atoms with Gasteiger partial charge in [-0.3, -0.25) is 14.5 Å². The van der Waals surface area contributed by atoms with Crippen LogP contribution >= 0.6 is 34.8 Å². The fourth-order valence-electron chi connectivity index (χ4n) is 4.10. The summed E-state index contributed by atoms with van der Waals surface area (Å²) < 4.78 is 10.6. The number of carbonyl (C=O) groups is 2. The van der Waals surface area contributed by atoms with Gasteiger partial charge in [0, 0.05) is 10.6 Å². The van der Waals surface area contributed by atoms with E-state index in [-0.39, 0.29) is 61.5 Å². The third-order valence-electron chi connectivity index (χ3n) is 5.72. The van der Waals surface area contributed by atoms with Crippen molar-refractivity contribution in [2.24, 2.45) is 0 Å². The fraction of sp³-hybridized carbons (Fsp3) is 0.154. The molecule has 192 valence electrons. The van der Waals surface area contributed by atoms with Crippen LogP contribution in [0.5, 0.6) is 23.0 Å². The SMILES string of the molecule is CCOc1cc(C2/C(=C(\O)c3cc(Cl)c(OC)c(Cl)c3)C(=O)C(=O)N2c2cc(Cl)ccc2O)ccc1O. The van der Waals surface area contributed by atoms with Crippen LogP contribution in [0.2, 0.25) is 15.1 Å². The van der Waals surface area contributed by atoms with E-state index in [2.05, 4.69) is 0 Å². The molecule has 1 atom stereocenters. The quantitative estimate of drug-likeness (QED) is 0.188. The molecule has 4 rings (SSSR count). The number of hydrogen-bond acceptors (Lipinski definition) is 7. The Labute approximate surface area is 226 Å². The molecular formula is C26H20Cl3NO7. The molecule has 1 fully saturated rings. The largest absolute Gasteiger partial charge is 0.507 e. The molecule has 0 aromatic heterocycles. The maximum absolute atomic E-state index is 13.4. The number of carbonyl (C=O) groups excluding carboxylic acids is 2. The number of anilines is 1. The van der Waals surface area contributed by atoms with Gasteiger partial charge >= 0.3 is 0 Å². The number of Topliss-reactive ketones (excluding diaryl/α,β-unsaturated/α-hetero) is 1. The van der Waals surface area contributed by atoms with Crippen molar-refractivity contribution in [2.45, 2.75) is 13.0 Å². The molecule has 8 nitrogen and oxygen atoms in total. The number of rotatable bonds is 6. The lowest BCUT2D eigenvalue weighted by Crippen LogP contribution is -2.29. The summed E-state index contributed by atoms with van der Waals surface area (Å²) in [6, 6.07) is 9.68. The Morgan fingerprint density at radius 2 is 1.62 bits per heavy atom. The molecule has 3 N–H and O–H groups in total. The number of amides is 1. The van der Waals surface area contributed by atoms with Crippen molar-refractivity contribution in [3.63, 3.8) is 0 Å². The molecule has 3 aromatic rings. The predicted molar refractivity (Wildman–Crippen MR) is 140 cm³/mol. The molecule has 37 heavy (non-hydrogen) atoms. The van der Waals surface area contributed by atoms with Gasteiger partial charge in [-0.05, 0) is 55.0 Å². The molecule has 1 aliphatic rings. The molecule has 0 saturated carbocycles. The van der Waals surface area contributed by atoms with E-state index >= 15 is 0 Å². The zero-order valence-electron chi connectivity index (χ0n) is 19.5. The first-order chi connectivity index (χ1) is 17.6. The first-order valence-corrected chi connectivity index (χ1v) is 12.0. The standard InChI is InChI=1S/C26H20Cl3NO7/c1-3-37-20-10-12(4-6-19(20)32)22-21(23(33)13-8-15(28)25(36-2)16(29)9-13)24(34)26(35)30(22)17-11-14(27)5-7-18(17)31/h4-11,22,31-33H,3H2,1-2H3/b23-21+. The summed E-state index contributed by atoms with van der Waals surface area (Å²) in [6.45, 7) is 1.95. The summed E-state index contributed by atoms with van der Waals surface area (Å²) in [7, 11) is 1.37. The molecule has 1 unspecified atom stereocenters. The second-order valence-corrected chi connectivity index (χ2v) is 9.19. The van der Waals surface area contributed by atoms with Crippen LogP contribution in [0.3, 0.4) is 0 Å². The zero-order valence-corrected chi connectivity index (χ0v) is 21.7. The number of aromatic hydroxyl groups is 2. The highest BCUT2D eigenvalue weighted by molar-refractivity contribution is 6.52. The maximum atomic E-state index is 13.4. The van der Waals surface area contributed by atoms with Gasteiger partial charge in [-0.1, -0.05) is 40.9 Å². The minimum Gasteiger partial charge on any atom is -0.507 e. The van der Waals surface area contributed by atoms with Crippen LogP contribution in [-0.2, 0) is 9.59 Å². The maximum Gasteiger partial charge on any atom is 0.300 e. The number of aliphatic hydroxyl groups is 1. The van der Waals surface area contributed by atoms with E-state index in [1.165, 1.54) is 55.6 Å². The molecular weight excluding hydrogens is 545 g/mol. The summed E-state index contributed by atoms with van der Waals surface area (Å²) in [5.74, 6) is -2.85. The minimum atomic E-state index is -1.25. The van der Waals surface area contributed by atoms with E-state index < -0.39 is 23.5 Å². The molecule has 11 heteroatoms. The van der Waals surface area contributed by atoms with Gasteiger partial charge < -0.3 is 24.8 Å². The summed E-state index contributed by atoms with van der Waals surface area (Å²) in [4.78, 5) is 27.7. The van der Waals surface area contributed by atoms with Gasteiger partial charge in [0.25, 0.3) is 11.7 Å². The molecule has 0 bridgehead atoms. The smallest absolute Gasteiger partial charge is 0.300 e. The number of ketones is 1. The molecule has 3 aromatic carbocycles. The number of halogens is 3. The van der Waals surface area contributed by atoms with E-state index in [9.17, 15) is 24.9 Å². The lowest BCUT2D eigenvalue weighted by atomic mass is 9.94. The van der Waals surface area contributed by atoms with Gasteiger partial charge in [0.05, 0.1) is 41.1 Å². The van der Waals surface area contributed by atoms with Crippen molar-refractivity contribution in [3.05, 3.63) is 80.3 Å². The Morgan fingerprint density at radius 1 is 0.973 bits per heavy atom. The van der Waals surface area contributed by atoms with Gasteiger partial charge in [-0.25, -0.2) is 0 Å². The van der Waals surface area contributed by atoms with E-state index in [1.807, 2.05) is 0 Å². The second kappa shape index (κ2) is 10.4. The van der Waals surface area contributed by atoms with Gasteiger partial charge in [-0.2, -0.15) is 0 Å². The van der Waals surface area contributed by atoms with Crippen molar-refractivity contribution in [1.82, 2.24) is 0 Å². The topological polar surface area (TPSA) is 117 Å². The van der Waals surface area contributed by atoms with Crippen LogP contribution in [-0.4, -0.2) is 40.7 Å². The third-order valence-corrected chi connectivity index (χ3v) is 6.51. The Morgan fingerprint density at radius 3 is 2.24 bits per heavy atom. The number of benzene rings is 3. The Bertz CT molecular complexity index is 1430. The van der Waals surface area contributed by atoms with E-state index in [0.717, 1.165) is 4.90 Å². The number of ether oxygens (including phenoxy) is 2. The zero-order chi connectivity index (χ0) is 27.0. The number of hydrogen-bond donors (Lipinski definition) is 3. The summed E-state index contributed by atoms with van der Waals surface area (Å²) in [5, 5.41) is 32.4. The first kappa shape index (κ1) is 26.5. The summed E-state index contributed by atoms with van der Waals surface area (Å²) in [5.41, 5.74) is -0.0182. The summed E-state index contributed by atoms with van der Waals surface area (Å²) in [6.07, 6.45) is 0. The molecule has 0 aliphatic carbocycles. The van der Waals surface area contributed by atoms with Gasteiger partial charge in [0.15, 0.2) is 17.2 Å². The molecule has 0 radical (unpaired) electrons. The molecule has 1 amide bonds.